The van der Waals surface area contributed by atoms with Gasteiger partial charge in [-0.1, -0.05) is 29.3 Å². The average molecular weight is 272 g/mol. The van der Waals surface area contributed by atoms with Gasteiger partial charge in [0.2, 0.25) is 0 Å². The van der Waals surface area contributed by atoms with Crippen molar-refractivity contribution >= 4 is 28.9 Å². The number of hydrogen-bond acceptors (Lipinski definition) is 1. The predicted octanol–water partition coefficient (Wildman–Crippen LogP) is 3.03. The molecule has 1 spiro atoms. The van der Waals surface area contributed by atoms with E-state index in [1.54, 1.807) is 0 Å². The first kappa shape index (κ1) is 11.6. The van der Waals surface area contributed by atoms with E-state index < -0.39 is 0 Å². The second-order valence-electron chi connectivity index (χ2n) is 5.15. The molecule has 1 aromatic carbocycles. The summed E-state index contributed by atoms with van der Waals surface area (Å²) >= 11 is 12.3. The summed E-state index contributed by atoms with van der Waals surface area (Å²) in [5.41, 5.74) is 1.09. The Balaban J connectivity index is 1.75. The molecule has 2 nitrogen and oxygen atoms in total. The van der Waals surface area contributed by atoms with Gasteiger partial charge in [-0.15, -0.1) is 0 Å². The highest BCUT2D eigenvalue weighted by atomic mass is 35.5. The van der Waals surface area contributed by atoms with Gasteiger partial charge in [0.1, 0.15) is 0 Å². The third-order valence-corrected chi connectivity index (χ3v) is 5.03. The monoisotopic (exact) mass is 271 g/mol. The van der Waals surface area contributed by atoms with Crippen LogP contribution in [0, 0.1) is 0 Å². The number of piperazine rings is 1. The topological polar surface area (TPSA) is 3.24 Å². The summed E-state index contributed by atoms with van der Waals surface area (Å²) in [6, 6.07) is 5.90. The second kappa shape index (κ2) is 4.34. The number of hydrogen-bond donors (Lipinski definition) is 0. The van der Waals surface area contributed by atoms with Crippen molar-refractivity contribution in [2.45, 2.75) is 6.42 Å². The number of nitrogens with zero attached hydrogens (tertiary/aromatic N) is 2. The van der Waals surface area contributed by atoms with Gasteiger partial charge in [-0.05, 0) is 12.1 Å². The number of quaternary nitrogens is 1. The lowest BCUT2D eigenvalue weighted by molar-refractivity contribution is -0.964. The van der Waals surface area contributed by atoms with Gasteiger partial charge in [0, 0.05) is 6.42 Å². The molecule has 2 aliphatic heterocycles. The van der Waals surface area contributed by atoms with E-state index in [-0.39, 0.29) is 0 Å². The van der Waals surface area contributed by atoms with E-state index in [0.717, 1.165) is 18.8 Å². The van der Waals surface area contributed by atoms with Crippen LogP contribution >= 0.6 is 23.2 Å². The Kier molecular flexibility index (Phi) is 2.97. The first-order valence-corrected chi connectivity index (χ1v) is 7.00. The van der Waals surface area contributed by atoms with Crippen LogP contribution in [-0.2, 0) is 0 Å². The van der Waals surface area contributed by atoms with Crippen molar-refractivity contribution in [2.75, 3.05) is 44.2 Å². The molecule has 1 aromatic rings. The number of rotatable bonds is 1. The van der Waals surface area contributed by atoms with Gasteiger partial charge in [-0.3, -0.25) is 0 Å². The van der Waals surface area contributed by atoms with Crippen LogP contribution in [0.2, 0.25) is 10.0 Å². The normalized spacial score (nSPS) is 22.6. The molecule has 2 heterocycles. The number of halogens is 2. The molecule has 2 aliphatic rings. The van der Waals surface area contributed by atoms with Crippen LogP contribution in [0.25, 0.3) is 0 Å². The molecule has 0 aromatic heterocycles. The van der Waals surface area contributed by atoms with Gasteiger partial charge in [-0.25, -0.2) is 0 Å². The Labute approximate surface area is 112 Å². The lowest BCUT2D eigenvalue weighted by atomic mass is 10.1. The van der Waals surface area contributed by atoms with E-state index in [2.05, 4.69) is 11.0 Å². The van der Waals surface area contributed by atoms with Crippen molar-refractivity contribution in [3.8, 4) is 0 Å². The van der Waals surface area contributed by atoms with Crippen LogP contribution in [0.1, 0.15) is 6.42 Å². The van der Waals surface area contributed by atoms with Gasteiger partial charge < -0.3 is 9.38 Å². The Bertz CT molecular complexity index is 419. The summed E-state index contributed by atoms with van der Waals surface area (Å²) in [4.78, 5) is 2.37. The molecular weight excluding hydrogens is 255 g/mol. The Morgan fingerprint density at radius 2 is 1.71 bits per heavy atom. The maximum absolute atomic E-state index is 6.27. The molecular formula is C13H17Cl2N2+. The molecule has 2 fully saturated rings. The zero-order valence-corrected chi connectivity index (χ0v) is 11.3. The van der Waals surface area contributed by atoms with E-state index in [0.29, 0.717) is 10.0 Å². The molecule has 0 N–H and O–H groups in total. The fourth-order valence-corrected chi connectivity index (χ4v) is 3.33. The summed E-state index contributed by atoms with van der Waals surface area (Å²) in [5, 5.41) is 1.36. The molecule has 0 amide bonds. The van der Waals surface area contributed by atoms with Crippen LogP contribution < -0.4 is 4.90 Å². The van der Waals surface area contributed by atoms with Crippen molar-refractivity contribution in [1.82, 2.24) is 0 Å². The fourth-order valence-electron chi connectivity index (χ4n) is 2.92. The summed E-state index contributed by atoms with van der Waals surface area (Å²) < 4.78 is 1.33. The summed E-state index contributed by atoms with van der Waals surface area (Å²) in [6.45, 7) is 7.44. The molecule has 92 valence electrons. The van der Waals surface area contributed by atoms with Gasteiger partial charge in [0.15, 0.2) is 0 Å². The summed E-state index contributed by atoms with van der Waals surface area (Å²) in [6.07, 6.45) is 1.40. The largest absolute Gasteiger partial charge is 0.359 e. The second-order valence-corrected chi connectivity index (χ2v) is 5.93. The van der Waals surface area contributed by atoms with E-state index in [4.69, 9.17) is 23.2 Å². The zero-order valence-electron chi connectivity index (χ0n) is 9.83. The molecule has 0 saturated carbocycles. The SMILES string of the molecule is Clc1cccc(N2CC[N+]3(CCC3)CC2)c1Cl. The molecule has 0 atom stereocenters. The average Bonchev–Trinajstić information content (AvgIpc) is 2.31. The smallest absolute Gasteiger partial charge is 0.0965 e. The standard InChI is InChI=1S/C13H17Cl2N2/c14-11-3-1-4-12(13(11)15)16-5-9-17(10-6-16)7-2-8-17/h1,3-4H,2,5-10H2/q+1. The highest BCUT2D eigenvalue weighted by Gasteiger charge is 2.38. The van der Waals surface area contributed by atoms with Gasteiger partial charge >= 0.3 is 0 Å². The van der Waals surface area contributed by atoms with E-state index in [9.17, 15) is 0 Å². The first-order chi connectivity index (χ1) is 8.20. The number of anilines is 1. The lowest BCUT2D eigenvalue weighted by Crippen LogP contribution is -2.65. The predicted molar refractivity (Wildman–Crippen MR) is 73.0 cm³/mol. The van der Waals surface area contributed by atoms with Crippen molar-refractivity contribution < 1.29 is 4.48 Å². The van der Waals surface area contributed by atoms with Gasteiger partial charge in [0.05, 0.1) is 55.0 Å². The molecule has 0 bridgehead atoms. The van der Waals surface area contributed by atoms with E-state index in [1.165, 1.54) is 37.1 Å². The van der Waals surface area contributed by atoms with E-state index >= 15 is 0 Å². The molecule has 17 heavy (non-hydrogen) atoms. The summed E-state index contributed by atoms with van der Waals surface area (Å²) in [5.74, 6) is 0. The van der Waals surface area contributed by atoms with Crippen molar-refractivity contribution in [3.63, 3.8) is 0 Å². The fraction of sp³-hybridized carbons (Fsp3) is 0.538. The highest BCUT2D eigenvalue weighted by Crippen LogP contribution is 2.34. The maximum atomic E-state index is 6.27. The van der Waals surface area contributed by atoms with Crippen molar-refractivity contribution in [3.05, 3.63) is 28.2 Å². The Morgan fingerprint density at radius 1 is 1.00 bits per heavy atom. The van der Waals surface area contributed by atoms with Crippen LogP contribution in [0.4, 0.5) is 5.69 Å². The molecule has 2 saturated heterocycles. The molecule has 0 radical (unpaired) electrons. The van der Waals surface area contributed by atoms with E-state index in [1.807, 2.05) is 12.1 Å². The Hall–Kier alpha value is -0.440. The first-order valence-electron chi connectivity index (χ1n) is 6.24. The van der Waals surface area contributed by atoms with Crippen molar-refractivity contribution in [2.24, 2.45) is 0 Å². The van der Waals surface area contributed by atoms with Crippen LogP contribution in [-0.4, -0.2) is 43.8 Å². The molecule has 0 unspecified atom stereocenters. The lowest BCUT2D eigenvalue weighted by Gasteiger charge is -2.50. The minimum absolute atomic E-state index is 0.655. The quantitative estimate of drug-likeness (QED) is 0.710. The minimum Gasteiger partial charge on any atom is -0.359 e. The third kappa shape index (κ3) is 2.03. The van der Waals surface area contributed by atoms with Crippen molar-refractivity contribution in [1.29, 1.82) is 0 Å². The molecule has 0 aliphatic carbocycles. The maximum Gasteiger partial charge on any atom is 0.0965 e. The van der Waals surface area contributed by atoms with Crippen LogP contribution in [0.15, 0.2) is 18.2 Å². The zero-order chi connectivity index (χ0) is 11.9. The minimum atomic E-state index is 0.655. The summed E-state index contributed by atoms with van der Waals surface area (Å²) in [7, 11) is 0. The van der Waals surface area contributed by atoms with Crippen LogP contribution in [0.3, 0.4) is 0 Å². The van der Waals surface area contributed by atoms with Gasteiger partial charge in [-0.2, -0.15) is 0 Å². The third-order valence-electron chi connectivity index (χ3n) is 4.23. The molecule has 3 rings (SSSR count). The van der Waals surface area contributed by atoms with Gasteiger partial charge in [0.25, 0.3) is 0 Å². The molecule has 4 heteroatoms. The van der Waals surface area contributed by atoms with Crippen LogP contribution in [0.5, 0.6) is 0 Å². The highest BCUT2D eigenvalue weighted by molar-refractivity contribution is 6.43. The number of benzene rings is 1. The Morgan fingerprint density at radius 3 is 2.29 bits per heavy atom.